The zero-order valence-electron chi connectivity index (χ0n) is 29.9. The van der Waals surface area contributed by atoms with Gasteiger partial charge >= 0.3 is 6.09 Å². The number of nitrogens with one attached hydrogen (secondary N) is 4. The van der Waals surface area contributed by atoms with Gasteiger partial charge in [-0.1, -0.05) is 90.6 Å². The lowest BCUT2D eigenvalue weighted by Crippen LogP contribution is -2.58. The fraction of sp³-hybridized carbons (Fsp3) is 0.639. The van der Waals surface area contributed by atoms with E-state index in [0.717, 1.165) is 32.1 Å². The number of hydrogen-bond donors (Lipinski definition) is 5. The third kappa shape index (κ3) is 11.5. The molecule has 6 N–H and O–H groups in total. The maximum Gasteiger partial charge on any atom is 0.407 e. The highest BCUT2D eigenvalue weighted by Gasteiger charge is 2.47. The van der Waals surface area contributed by atoms with Crippen LogP contribution in [0.1, 0.15) is 97.6 Å². The second-order valence-electron chi connectivity index (χ2n) is 14.6. The van der Waals surface area contributed by atoms with E-state index in [1.807, 2.05) is 27.7 Å². The van der Waals surface area contributed by atoms with Crippen molar-refractivity contribution in [1.82, 2.24) is 26.2 Å². The molecule has 2 unspecified atom stereocenters. The smallest absolute Gasteiger partial charge is 0.407 e. The van der Waals surface area contributed by atoms with E-state index in [-0.39, 0.29) is 37.3 Å². The van der Waals surface area contributed by atoms with Gasteiger partial charge in [-0.15, -0.1) is 0 Å². The monoisotopic (exact) mass is 698 g/mol. The molecule has 1 heterocycles. The van der Waals surface area contributed by atoms with Crippen LogP contribution in [0.15, 0.2) is 30.3 Å². The van der Waals surface area contributed by atoms with Crippen LogP contribution in [0.4, 0.5) is 4.79 Å². The Morgan fingerprint density at radius 1 is 0.960 bits per heavy atom. The molecule has 0 bridgehead atoms. The molecule has 14 heteroatoms. The average molecular weight is 699 g/mol. The topological polar surface area (TPSA) is 206 Å². The van der Waals surface area contributed by atoms with Crippen molar-refractivity contribution < 1.29 is 38.3 Å². The summed E-state index contributed by atoms with van der Waals surface area (Å²) >= 11 is 0. The largest absolute Gasteiger partial charge is 0.449 e. The second kappa shape index (κ2) is 18.5. The average Bonchev–Trinajstić information content (AvgIpc) is 3.42. The molecule has 1 saturated carbocycles. The number of ether oxygens (including phenoxy) is 1. The van der Waals surface area contributed by atoms with E-state index in [0.29, 0.717) is 18.4 Å². The number of carbonyl (C=O) groups excluding carboxylic acids is 7. The minimum Gasteiger partial charge on any atom is -0.449 e. The Bertz CT molecular complexity index is 1380. The highest BCUT2D eigenvalue weighted by molar-refractivity contribution is 6.38. The van der Waals surface area contributed by atoms with E-state index >= 15 is 0 Å². The van der Waals surface area contributed by atoms with Crippen molar-refractivity contribution in [2.45, 2.75) is 110 Å². The molecule has 0 spiro atoms. The standard InChI is InChI=1S/C36H54N6O8/c1-6-13-25(30(44)33(47)38-19-27(43)40-28(31(37)45)23-14-9-7-10-15-23)39-32(46)26-18-36(4,5)21-42(26)34(48)29(24-16-11-8-12-17-24)41-35(49)50-20-22(2)3/h7,9-10,14-15,22,24-26,28-29H,6,8,11-13,16-21H2,1-5H3,(H2,37,45)(H,38,47)(H,39,46)(H,40,43)(H,41,49)/t25?,26?,28-,29-/m0/s1. The van der Waals surface area contributed by atoms with Crippen LogP contribution in [0.5, 0.6) is 0 Å². The first-order valence-corrected chi connectivity index (χ1v) is 17.6. The molecule has 1 aliphatic carbocycles. The van der Waals surface area contributed by atoms with Crippen LogP contribution >= 0.6 is 0 Å². The molecule has 1 aromatic carbocycles. The number of nitrogens with zero attached hydrogens (tertiary/aromatic N) is 1. The number of amides is 6. The van der Waals surface area contributed by atoms with Crippen LogP contribution in [-0.2, 0) is 33.5 Å². The normalized spacial score (nSPS) is 19.1. The van der Waals surface area contributed by atoms with Gasteiger partial charge in [0, 0.05) is 6.54 Å². The van der Waals surface area contributed by atoms with E-state index in [9.17, 15) is 33.6 Å². The van der Waals surface area contributed by atoms with Crippen molar-refractivity contribution in [2.75, 3.05) is 19.7 Å². The van der Waals surface area contributed by atoms with Crippen LogP contribution in [-0.4, -0.2) is 84.1 Å². The van der Waals surface area contributed by atoms with E-state index in [2.05, 4.69) is 21.3 Å². The molecular weight excluding hydrogens is 644 g/mol. The van der Waals surface area contributed by atoms with Crippen LogP contribution < -0.4 is 27.0 Å². The number of rotatable bonds is 16. The lowest BCUT2D eigenvalue weighted by Gasteiger charge is -2.35. The summed E-state index contributed by atoms with van der Waals surface area (Å²) in [4.78, 5) is 93.0. The van der Waals surface area contributed by atoms with Gasteiger partial charge in [0.05, 0.1) is 19.2 Å². The van der Waals surface area contributed by atoms with Crippen molar-refractivity contribution in [3.8, 4) is 0 Å². The number of nitrogens with two attached hydrogens (primary N) is 1. The van der Waals surface area contributed by atoms with Gasteiger partial charge in [0.2, 0.25) is 29.4 Å². The zero-order valence-corrected chi connectivity index (χ0v) is 29.9. The Labute approximate surface area is 294 Å². The molecule has 1 aromatic rings. The molecule has 0 aromatic heterocycles. The van der Waals surface area contributed by atoms with Crippen molar-refractivity contribution in [3.63, 3.8) is 0 Å². The number of likely N-dealkylation sites (tertiary alicyclic amines) is 1. The summed E-state index contributed by atoms with van der Waals surface area (Å²) < 4.78 is 5.34. The zero-order chi connectivity index (χ0) is 37.0. The van der Waals surface area contributed by atoms with Crippen molar-refractivity contribution in [1.29, 1.82) is 0 Å². The molecule has 2 aliphatic rings. The fourth-order valence-corrected chi connectivity index (χ4v) is 6.58. The molecule has 0 radical (unpaired) electrons. The Morgan fingerprint density at radius 3 is 2.22 bits per heavy atom. The molecule has 3 rings (SSSR count). The van der Waals surface area contributed by atoms with Gasteiger partial charge in [0.15, 0.2) is 0 Å². The second-order valence-corrected chi connectivity index (χ2v) is 14.6. The molecule has 6 amide bonds. The van der Waals surface area contributed by atoms with Crippen LogP contribution in [0, 0.1) is 17.3 Å². The number of ketones is 1. The fourth-order valence-electron chi connectivity index (χ4n) is 6.58. The maximum absolute atomic E-state index is 14.2. The SMILES string of the molecule is CCCC(NC(=O)C1CC(C)(C)CN1C(=O)[C@@H](NC(=O)OCC(C)C)C1CCCCC1)C(=O)C(=O)NCC(=O)N[C@H](C(N)=O)c1ccccc1. The van der Waals surface area contributed by atoms with Crippen molar-refractivity contribution in [3.05, 3.63) is 35.9 Å². The van der Waals surface area contributed by atoms with E-state index in [1.54, 1.807) is 37.3 Å². The Balaban J connectivity index is 1.70. The van der Waals surface area contributed by atoms with Crippen LogP contribution in [0.2, 0.25) is 0 Å². The van der Waals surface area contributed by atoms with E-state index in [1.165, 1.54) is 4.90 Å². The van der Waals surface area contributed by atoms with E-state index < -0.39 is 71.6 Å². The molecule has 14 nitrogen and oxygen atoms in total. The van der Waals surface area contributed by atoms with Crippen molar-refractivity contribution in [2.24, 2.45) is 23.0 Å². The number of benzene rings is 1. The number of primary amides is 1. The number of carbonyl (C=O) groups is 7. The maximum atomic E-state index is 14.2. The Hall–Kier alpha value is -4.49. The molecule has 1 saturated heterocycles. The van der Waals surface area contributed by atoms with Gasteiger partial charge in [-0.3, -0.25) is 28.8 Å². The first-order valence-electron chi connectivity index (χ1n) is 17.6. The molecule has 2 fully saturated rings. The van der Waals surface area contributed by atoms with Crippen molar-refractivity contribution >= 4 is 41.4 Å². The lowest BCUT2D eigenvalue weighted by molar-refractivity contribution is -0.143. The summed E-state index contributed by atoms with van der Waals surface area (Å²) in [5.41, 5.74) is 5.47. The molecular formula is C36H54N6O8. The number of hydrogen-bond acceptors (Lipinski definition) is 8. The molecule has 4 atom stereocenters. The summed E-state index contributed by atoms with van der Waals surface area (Å²) in [6.45, 7) is 9.34. The third-order valence-electron chi connectivity index (χ3n) is 9.08. The predicted molar refractivity (Wildman–Crippen MR) is 185 cm³/mol. The van der Waals surface area contributed by atoms with Gasteiger partial charge in [0.25, 0.3) is 5.91 Å². The summed E-state index contributed by atoms with van der Waals surface area (Å²) in [6, 6.07) is 4.16. The van der Waals surface area contributed by atoms with Gasteiger partial charge in [0.1, 0.15) is 18.1 Å². The summed E-state index contributed by atoms with van der Waals surface area (Å²) in [6.07, 6.45) is 4.62. The number of alkyl carbamates (subject to hydrolysis) is 1. The Kier molecular flexibility index (Phi) is 14.8. The summed E-state index contributed by atoms with van der Waals surface area (Å²) in [5.74, 6) is -4.55. The highest BCUT2D eigenvalue weighted by atomic mass is 16.5. The predicted octanol–water partition coefficient (Wildman–Crippen LogP) is 2.26. The highest BCUT2D eigenvalue weighted by Crippen LogP contribution is 2.36. The first-order chi connectivity index (χ1) is 23.6. The minimum atomic E-state index is -1.21. The van der Waals surface area contributed by atoms with E-state index in [4.69, 9.17) is 10.5 Å². The van der Waals surface area contributed by atoms with Gasteiger partial charge in [-0.25, -0.2) is 4.79 Å². The third-order valence-corrected chi connectivity index (χ3v) is 9.08. The molecule has 1 aliphatic heterocycles. The Morgan fingerprint density at radius 2 is 1.62 bits per heavy atom. The van der Waals surface area contributed by atoms with Crippen LogP contribution in [0.3, 0.4) is 0 Å². The summed E-state index contributed by atoms with van der Waals surface area (Å²) in [7, 11) is 0. The van der Waals surface area contributed by atoms with Gasteiger partial charge in [-0.2, -0.15) is 0 Å². The quantitative estimate of drug-likeness (QED) is 0.162. The minimum absolute atomic E-state index is 0.114. The lowest BCUT2D eigenvalue weighted by atomic mass is 9.83. The first kappa shape index (κ1) is 39.9. The van der Waals surface area contributed by atoms with Gasteiger partial charge < -0.3 is 36.6 Å². The number of Topliss-reactive ketones (excluding diaryl/α,β-unsaturated/α-hetero) is 1. The molecule has 276 valence electrons. The summed E-state index contributed by atoms with van der Waals surface area (Å²) in [5, 5.41) is 10.2. The van der Waals surface area contributed by atoms with Crippen LogP contribution in [0.25, 0.3) is 0 Å². The van der Waals surface area contributed by atoms with Gasteiger partial charge in [-0.05, 0) is 48.5 Å². The molecule has 50 heavy (non-hydrogen) atoms.